The van der Waals surface area contributed by atoms with Crippen LogP contribution in [0.1, 0.15) is 16.1 Å². The number of amides is 1. The second kappa shape index (κ2) is 7.79. The summed E-state index contributed by atoms with van der Waals surface area (Å²) >= 11 is 0. The van der Waals surface area contributed by atoms with Gasteiger partial charge in [0.1, 0.15) is 18.5 Å². The number of nitrogens with one attached hydrogen (secondary N) is 1. The highest BCUT2D eigenvalue weighted by molar-refractivity contribution is 5.96. The predicted octanol–water partition coefficient (Wildman–Crippen LogP) is 1.25. The van der Waals surface area contributed by atoms with Gasteiger partial charge >= 0.3 is 6.18 Å². The number of nitrogen functional groups attached to an aromatic ring is 1. The Morgan fingerprint density at radius 3 is 2.72 bits per heavy atom. The minimum absolute atomic E-state index is 0.0432. The molecule has 1 aromatic carbocycles. The SMILES string of the molecule is Nc1nccnc1C(=O)NCC(O)COc1cccc(C(F)(F)F)c1. The first kappa shape index (κ1) is 18.5. The zero-order chi connectivity index (χ0) is 18.4. The van der Waals surface area contributed by atoms with Gasteiger partial charge in [-0.15, -0.1) is 0 Å². The third-order valence-electron chi connectivity index (χ3n) is 3.04. The van der Waals surface area contributed by atoms with E-state index in [0.29, 0.717) is 0 Å². The number of hydrogen-bond donors (Lipinski definition) is 3. The maximum Gasteiger partial charge on any atom is 0.416 e. The molecule has 4 N–H and O–H groups in total. The summed E-state index contributed by atoms with van der Waals surface area (Å²) in [6.45, 7) is -0.509. The smallest absolute Gasteiger partial charge is 0.416 e. The quantitative estimate of drug-likeness (QED) is 0.718. The predicted molar refractivity (Wildman–Crippen MR) is 81.7 cm³/mol. The Bertz CT molecular complexity index is 740. The Labute approximate surface area is 140 Å². The summed E-state index contributed by atoms with van der Waals surface area (Å²) in [6.07, 6.45) is -3.01. The third kappa shape index (κ3) is 5.31. The van der Waals surface area contributed by atoms with E-state index in [0.717, 1.165) is 12.1 Å². The minimum atomic E-state index is -4.48. The standard InChI is InChI=1S/C15H15F3N4O3/c16-15(17,18)9-2-1-3-11(6-9)25-8-10(23)7-22-14(24)12-13(19)21-5-4-20-12/h1-6,10,23H,7-8H2,(H2,19,21)(H,22,24). The lowest BCUT2D eigenvalue weighted by atomic mass is 10.2. The van der Waals surface area contributed by atoms with E-state index in [1.165, 1.54) is 24.5 Å². The first-order chi connectivity index (χ1) is 11.8. The van der Waals surface area contributed by atoms with E-state index in [9.17, 15) is 23.1 Å². The Morgan fingerprint density at radius 1 is 1.32 bits per heavy atom. The Hall–Kier alpha value is -2.88. The van der Waals surface area contributed by atoms with Crippen LogP contribution in [0.4, 0.5) is 19.0 Å². The summed E-state index contributed by atoms with van der Waals surface area (Å²) in [5.74, 6) is -0.739. The summed E-state index contributed by atoms with van der Waals surface area (Å²) in [5.41, 5.74) is 4.55. The van der Waals surface area contributed by atoms with Crippen molar-refractivity contribution in [1.29, 1.82) is 0 Å². The van der Waals surface area contributed by atoms with E-state index >= 15 is 0 Å². The number of anilines is 1. The second-order valence-electron chi connectivity index (χ2n) is 4.99. The van der Waals surface area contributed by atoms with Crippen molar-refractivity contribution in [1.82, 2.24) is 15.3 Å². The maximum atomic E-state index is 12.6. The summed E-state index contributed by atoms with van der Waals surface area (Å²) < 4.78 is 42.9. The van der Waals surface area contributed by atoms with Crippen LogP contribution in [-0.4, -0.2) is 40.2 Å². The molecule has 10 heteroatoms. The summed E-state index contributed by atoms with van der Waals surface area (Å²) in [5, 5.41) is 12.2. The van der Waals surface area contributed by atoms with Gasteiger partial charge in [-0.1, -0.05) is 6.07 Å². The monoisotopic (exact) mass is 356 g/mol. The number of aliphatic hydroxyl groups is 1. The number of benzene rings is 1. The first-order valence-corrected chi connectivity index (χ1v) is 7.10. The van der Waals surface area contributed by atoms with Gasteiger partial charge in [0, 0.05) is 18.9 Å². The number of halogens is 3. The van der Waals surface area contributed by atoms with Crippen LogP contribution in [0.5, 0.6) is 5.75 Å². The van der Waals surface area contributed by atoms with Gasteiger partial charge in [0.2, 0.25) is 0 Å². The lowest BCUT2D eigenvalue weighted by molar-refractivity contribution is -0.137. The van der Waals surface area contributed by atoms with Crippen LogP contribution < -0.4 is 15.8 Å². The lowest BCUT2D eigenvalue weighted by Gasteiger charge is -2.14. The lowest BCUT2D eigenvalue weighted by Crippen LogP contribution is -2.36. The molecule has 7 nitrogen and oxygen atoms in total. The molecular weight excluding hydrogens is 341 g/mol. The summed E-state index contributed by atoms with van der Waals surface area (Å²) in [7, 11) is 0. The van der Waals surface area contributed by atoms with Gasteiger partial charge in [0.25, 0.3) is 5.91 Å². The zero-order valence-electron chi connectivity index (χ0n) is 12.8. The minimum Gasteiger partial charge on any atom is -0.491 e. The van der Waals surface area contributed by atoms with E-state index in [4.69, 9.17) is 10.5 Å². The molecule has 0 radical (unpaired) electrons. The number of hydrogen-bond acceptors (Lipinski definition) is 6. The second-order valence-corrected chi connectivity index (χ2v) is 4.99. The molecule has 0 spiro atoms. The van der Waals surface area contributed by atoms with Crippen molar-refractivity contribution >= 4 is 11.7 Å². The van der Waals surface area contributed by atoms with E-state index < -0.39 is 23.8 Å². The van der Waals surface area contributed by atoms with Gasteiger partial charge in [0.15, 0.2) is 11.5 Å². The van der Waals surface area contributed by atoms with Gasteiger partial charge in [-0.05, 0) is 18.2 Å². The summed E-state index contributed by atoms with van der Waals surface area (Å²) in [6, 6.07) is 4.27. The Kier molecular flexibility index (Phi) is 5.75. The Balaban J connectivity index is 1.84. The van der Waals surface area contributed by atoms with Crippen molar-refractivity contribution in [2.24, 2.45) is 0 Å². The van der Waals surface area contributed by atoms with E-state index in [1.54, 1.807) is 0 Å². The molecule has 0 aliphatic heterocycles. The van der Waals surface area contributed by atoms with Gasteiger partial charge < -0.3 is 20.9 Å². The van der Waals surface area contributed by atoms with Gasteiger partial charge in [-0.25, -0.2) is 9.97 Å². The molecule has 134 valence electrons. The fraction of sp³-hybridized carbons (Fsp3) is 0.267. The average molecular weight is 356 g/mol. The van der Waals surface area contributed by atoms with Crippen molar-refractivity contribution in [3.63, 3.8) is 0 Å². The van der Waals surface area contributed by atoms with E-state index in [1.807, 2.05) is 0 Å². The number of alkyl halides is 3. The Morgan fingerprint density at radius 2 is 2.04 bits per heavy atom. The maximum absolute atomic E-state index is 12.6. The number of carbonyl (C=O) groups excluding carboxylic acids is 1. The molecule has 0 aliphatic carbocycles. The van der Waals surface area contributed by atoms with Crippen LogP contribution in [0.25, 0.3) is 0 Å². The molecule has 1 unspecified atom stereocenters. The number of nitrogens with two attached hydrogens (primary N) is 1. The van der Waals surface area contributed by atoms with Crippen molar-refractivity contribution < 1.29 is 27.8 Å². The number of carbonyl (C=O) groups is 1. The molecule has 1 atom stereocenters. The molecule has 0 saturated carbocycles. The van der Waals surface area contributed by atoms with Crippen LogP contribution >= 0.6 is 0 Å². The van der Waals surface area contributed by atoms with Crippen molar-refractivity contribution in [3.05, 3.63) is 47.9 Å². The van der Waals surface area contributed by atoms with Crippen LogP contribution in [0.3, 0.4) is 0 Å². The van der Waals surface area contributed by atoms with E-state index in [2.05, 4.69) is 15.3 Å². The fourth-order valence-electron chi connectivity index (χ4n) is 1.83. The highest BCUT2D eigenvalue weighted by Gasteiger charge is 2.30. The molecule has 1 heterocycles. The number of aromatic nitrogens is 2. The number of aliphatic hydroxyl groups excluding tert-OH is 1. The van der Waals surface area contributed by atoms with Gasteiger partial charge in [-0.2, -0.15) is 13.2 Å². The number of ether oxygens (including phenoxy) is 1. The number of nitrogens with zero attached hydrogens (tertiary/aromatic N) is 2. The van der Waals surface area contributed by atoms with Crippen LogP contribution in [0.2, 0.25) is 0 Å². The molecule has 1 amide bonds. The van der Waals surface area contributed by atoms with Crippen molar-refractivity contribution in [2.45, 2.75) is 12.3 Å². The van der Waals surface area contributed by atoms with Crippen molar-refractivity contribution in [3.8, 4) is 5.75 Å². The molecule has 0 aliphatic rings. The molecule has 0 bridgehead atoms. The van der Waals surface area contributed by atoms with Crippen LogP contribution in [0, 0.1) is 0 Å². The third-order valence-corrected chi connectivity index (χ3v) is 3.04. The average Bonchev–Trinajstić information content (AvgIpc) is 2.58. The molecule has 0 saturated heterocycles. The highest BCUT2D eigenvalue weighted by Crippen LogP contribution is 2.31. The summed E-state index contributed by atoms with van der Waals surface area (Å²) in [4.78, 5) is 19.3. The van der Waals surface area contributed by atoms with Gasteiger partial charge in [0.05, 0.1) is 5.56 Å². The van der Waals surface area contributed by atoms with E-state index in [-0.39, 0.29) is 30.4 Å². The van der Waals surface area contributed by atoms with Crippen LogP contribution in [-0.2, 0) is 6.18 Å². The topological polar surface area (TPSA) is 110 Å². The molecular formula is C15H15F3N4O3. The normalized spacial score (nSPS) is 12.5. The molecule has 2 rings (SSSR count). The zero-order valence-corrected chi connectivity index (χ0v) is 12.8. The van der Waals surface area contributed by atoms with Crippen LogP contribution in [0.15, 0.2) is 36.7 Å². The molecule has 2 aromatic rings. The first-order valence-electron chi connectivity index (χ1n) is 7.10. The van der Waals surface area contributed by atoms with Gasteiger partial charge in [-0.3, -0.25) is 4.79 Å². The highest BCUT2D eigenvalue weighted by atomic mass is 19.4. The number of rotatable bonds is 6. The largest absolute Gasteiger partial charge is 0.491 e. The molecule has 25 heavy (non-hydrogen) atoms. The molecule has 1 aromatic heterocycles. The molecule has 0 fully saturated rings. The fourth-order valence-corrected chi connectivity index (χ4v) is 1.83. The van der Waals surface area contributed by atoms with Crippen molar-refractivity contribution in [2.75, 3.05) is 18.9 Å².